The van der Waals surface area contributed by atoms with Crippen LogP contribution in [0.3, 0.4) is 0 Å². The molecule has 0 saturated carbocycles. The molecule has 26 heavy (non-hydrogen) atoms. The van der Waals surface area contributed by atoms with Crippen LogP contribution in [0.1, 0.15) is 33.7 Å². The number of aryl methyl sites for hydroxylation is 1. The van der Waals surface area contributed by atoms with Crippen LogP contribution < -0.4 is 10.2 Å². The molecule has 0 atom stereocenters. The van der Waals surface area contributed by atoms with E-state index in [1.54, 1.807) is 18.2 Å². The number of halogens is 1. The van der Waals surface area contributed by atoms with E-state index in [2.05, 4.69) is 17.5 Å². The first-order chi connectivity index (χ1) is 12.6. The number of carbonyl (C=O) groups excluding carboxylic acids is 1. The van der Waals surface area contributed by atoms with Crippen molar-refractivity contribution < 1.29 is 18.3 Å². The molecule has 0 spiro atoms. The summed E-state index contributed by atoms with van der Waals surface area (Å²) in [5, 5.41) is 3.47. The van der Waals surface area contributed by atoms with E-state index in [0.717, 1.165) is 23.5 Å². The monoisotopic (exact) mass is 372 g/mol. The van der Waals surface area contributed by atoms with Crippen LogP contribution in [-0.2, 0) is 13.0 Å². The number of hydrogen-bond donors (Lipinski definition) is 1. The van der Waals surface area contributed by atoms with Gasteiger partial charge < -0.3 is 9.15 Å². The molecule has 0 aliphatic rings. The molecule has 2 aromatic heterocycles. The largest absolute Gasteiger partial charge is 0.486 e. The molecule has 1 aromatic carbocycles. The number of amides is 1. The van der Waals surface area contributed by atoms with Gasteiger partial charge in [0, 0.05) is 0 Å². The third kappa shape index (κ3) is 4.80. The van der Waals surface area contributed by atoms with Crippen molar-refractivity contribution in [3.05, 3.63) is 75.6 Å². The van der Waals surface area contributed by atoms with E-state index in [9.17, 15) is 9.18 Å². The molecule has 0 fully saturated rings. The van der Waals surface area contributed by atoms with Gasteiger partial charge in [0.05, 0.1) is 11.1 Å². The van der Waals surface area contributed by atoms with Crippen LogP contribution >= 0.6 is 11.3 Å². The van der Waals surface area contributed by atoms with Gasteiger partial charge in [-0.3, -0.25) is 4.79 Å². The molecule has 3 rings (SSSR count). The molecule has 2 heterocycles. The summed E-state index contributed by atoms with van der Waals surface area (Å²) in [6.07, 6.45) is 2.35. The predicted molar refractivity (Wildman–Crippen MR) is 98.2 cm³/mol. The molecule has 1 amide bonds. The lowest BCUT2D eigenvalue weighted by molar-refractivity contribution is 0.0923. The van der Waals surface area contributed by atoms with Crippen molar-refractivity contribution in [2.45, 2.75) is 20.0 Å². The average Bonchev–Trinajstić information content (AvgIpc) is 3.29. The zero-order chi connectivity index (χ0) is 18.4. The van der Waals surface area contributed by atoms with Gasteiger partial charge >= 0.3 is 5.91 Å². The molecule has 7 heteroatoms. The molecular formula is C19H17FN2O3S. The second-order valence-corrected chi connectivity index (χ2v) is 6.46. The molecule has 0 bridgehead atoms. The number of rotatable bonds is 7. The first kappa shape index (κ1) is 17.9. The minimum absolute atomic E-state index is 0.124. The Bertz CT molecular complexity index is 900. The lowest BCUT2D eigenvalue weighted by Gasteiger charge is -2.04. The van der Waals surface area contributed by atoms with Gasteiger partial charge in [0.1, 0.15) is 18.1 Å². The van der Waals surface area contributed by atoms with Crippen LogP contribution in [0.5, 0.6) is 5.75 Å². The van der Waals surface area contributed by atoms with Crippen LogP contribution in [0.15, 0.2) is 58.0 Å². The lowest BCUT2D eigenvalue weighted by Crippen LogP contribution is -2.16. The zero-order valence-electron chi connectivity index (χ0n) is 14.1. The summed E-state index contributed by atoms with van der Waals surface area (Å²) in [4.78, 5) is 12.6. The second kappa shape index (κ2) is 8.44. The van der Waals surface area contributed by atoms with Crippen molar-refractivity contribution >= 4 is 23.5 Å². The van der Waals surface area contributed by atoms with Crippen LogP contribution in [0.4, 0.5) is 4.39 Å². The Morgan fingerprint density at radius 2 is 2.04 bits per heavy atom. The maximum Gasteiger partial charge on any atom is 0.307 e. The van der Waals surface area contributed by atoms with Crippen LogP contribution in [-0.4, -0.2) is 12.1 Å². The normalized spacial score (nSPS) is 11.0. The Morgan fingerprint density at radius 1 is 1.23 bits per heavy atom. The number of benzene rings is 1. The standard InChI is InChI=1S/C19H17FN2O3S/c1-2-13-3-5-14(6-4-13)24-12-15-7-9-17(25-15)19(23)22-21-11-16-8-10-18(20)26-16/h3-11H,2,12H2,1H3,(H,22,23)/b21-11+. The summed E-state index contributed by atoms with van der Waals surface area (Å²) in [5.41, 5.74) is 3.57. The summed E-state index contributed by atoms with van der Waals surface area (Å²) in [6.45, 7) is 2.31. The highest BCUT2D eigenvalue weighted by Crippen LogP contribution is 2.16. The summed E-state index contributed by atoms with van der Waals surface area (Å²) in [6, 6.07) is 14.0. The number of hydrazone groups is 1. The highest BCUT2D eigenvalue weighted by atomic mass is 32.1. The smallest absolute Gasteiger partial charge is 0.307 e. The first-order valence-corrected chi connectivity index (χ1v) is 8.85. The minimum atomic E-state index is -0.489. The van der Waals surface area contributed by atoms with Gasteiger partial charge in [-0.15, -0.1) is 11.3 Å². The van der Waals surface area contributed by atoms with Gasteiger partial charge in [-0.05, 0) is 48.4 Å². The molecular weight excluding hydrogens is 355 g/mol. The molecule has 0 saturated heterocycles. The van der Waals surface area contributed by atoms with Crippen LogP contribution in [0, 0.1) is 5.13 Å². The van der Waals surface area contributed by atoms with Crippen molar-refractivity contribution in [1.82, 2.24) is 5.43 Å². The highest BCUT2D eigenvalue weighted by Gasteiger charge is 2.11. The molecule has 0 aliphatic carbocycles. The Morgan fingerprint density at radius 3 is 2.73 bits per heavy atom. The molecule has 134 valence electrons. The van der Waals surface area contributed by atoms with Gasteiger partial charge in [0.15, 0.2) is 10.9 Å². The third-order valence-electron chi connectivity index (χ3n) is 3.55. The number of carbonyl (C=O) groups is 1. The van der Waals surface area contributed by atoms with Crippen molar-refractivity contribution in [1.29, 1.82) is 0 Å². The molecule has 3 aromatic rings. The van der Waals surface area contributed by atoms with Gasteiger partial charge in [-0.2, -0.15) is 9.49 Å². The van der Waals surface area contributed by atoms with E-state index in [4.69, 9.17) is 9.15 Å². The fraction of sp³-hybridized carbons (Fsp3) is 0.158. The van der Waals surface area contributed by atoms with Gasteiger partial charge in [-0.1, -0.05) is 19.1 Å². The first-order valence-electron chi connectivity index (χ1n) is 8.03. The highest BCUT2D eigenvalue weighted by molar-refractivity contribution is 7.12. The molecule has 0 aliphatic heterocycles. The van der Waals surface area contributed by atoms with E-state index in [0.29, 0.717) is 10.6 Å². The average molecular weight is 372 g/mol. The summed E-state index contributed by atoms with van der Waals surface area (Å²) in [5.74, 6) is 0.896. The van der Waals surface area contributed by atoms with Gasteiger partial charge in [0.25, 0.3) is 0 Å². The fourth-order valence-electron chi connectivity index (χ4n) is 2.16. The number of nitrogens with one attached hydrogen (secondary N) is 1. The molecule has 0 unspecified atom stereocenters. The van der Waals surface area contributed by atoms with Crippen molar-refractivity contribution in [3.8, 4) is 5.75 Å². The Labute approximate surface area is 154 Å². The number of thiophene rings is 1. The maximum absolute atomic E-state index is 12.9. The Balaban J connectivity index is 1.51. The Hall–Kier alpha value is -2.93. The van der Waals surface area contributed by atoms with Crippen molar-refractivity contribution in [2.24, 2.45) is 5.10 Å². The van der Waals surface area contributed by atoms with Gasteiger partial charge in [-0.25, -0.2) is 5.43 Å². The van der Waals surface area contributed by atoms with Gasteiger partial charge in [0.2, 0.25) is 0 Å². The third-order valence-corrected chi connectivity index (χ3v) is 4.36. The fourth-order valence-corrected chi connectivity index (χ4v) is 2.76. The minimum Gasteiger partial charge on any atom is -0.486 e. The second-order valence-electron chi connectivity index (χ2n) is 5.39. The quantitative estimate of drug-likeness (QED) is 0.494. The van der Waals surface area contributed by atoms with E-state index in [1.165, 1.54) is 17.8 Å². The summed E-state index contributed by atoms with van der Waals surface area (Å²) < 4.78 is 23.9. The SMILES string of the molecule is CCc1ccc(OCc2ccc(C(=O)N/N=C/c3ccc(F)s3)o2)cc1. The van der Waals surface area contributed by atoms with Crippen molar-refractivity contribution in [3.63, 3.8) is 0 Å². The zero-order valence-corrected chi connectivity index (χ0v) is 14.9. The number of ether oxygens (including phenoxy) is 1. The van der Waals surface area contributed by atoms with E-state index < -0.39 is 5.91 Å². The van der Waals surface area contributed by atoms with Crippen molar-refractivity contribution in [2.75, 3.05) is 0 Å². The maximum atomic E-state index is 12.9. The number of hydrogen-bond acceptors (Lipinski definition) is 5. The Kier molecular flexibility index (Phi) is 5.80. The molecule has 5 nitrogen and oxygen atoms in total. The van der Waals surface area contributed by atoms with Crippen LogP contribution in [0.25, 0.3) is 0 Å². The summed E-state index contributed by atoms with van der Waals surface area (Å²) in [7, 11) is 0. The molecule has 0 radical (unpaired) electrons. The van der Waals surface area contributed by atoms with E-state index in [-0.39, 0.29) is 17.5 Å². The van der Waals surface area contributed by atoms with Crippen LogP contribution in [0.2, 0.25) is 0 Å². The van der Waals surface area contributed by atoms with E-state index >= 15 is 0 Å². The topological polar surface area (TPSA) is 63.8 Å². The lowest BCUT2D eigenvalue weighted by atomic mass is 10.2. The number of furan rings is 1. The number of nitrogens with zero attached hydrogens (tertiary/aromatic N) is 1. The molecule has 1 N–H and O–H groups in total. The predicted octanol–water partition coefficient (Wildman–Crippen LogP) is 4.39. The summed E-state index contributed by atoms with van der Waals surface area (Å²) >= 11 is 0.939. The van der Waals surface area contributed by atoms with E-state index in [1.807, 2.05) is 24.3 Å².